The highest BCUT2D eigenvalue weighted by atomic mass is 16.5. The number of amides is 1. The van der Waals surface area contributed by atoms with Crippen molar-refractivity contribution in [2.45, 2.75) is 13.3 Å². The summed E-state index contributed by atoms with van der Waals surface area (Å²) in [5, 5.41) is 3.17. The summed E-state index contributed by atoms with van der Waals surface area (Å²) in [5.74, 6) is -0.194. The lowest BCUT2D eigenvalue weighted by Gasteiger charge is -2.32. The van der Waals surface area contributed by atoms with Crippen LogP contribution in [-0.4, -0.2) is 68.1 Å². The fourth-order valence-electron chi connectivity index (χ4n) is 2.54. The molecule has 0 bridgehead atoms. The number of nitrogens with zero attached hydrogens (tertiary/aromatic N) is 2. The molecule has 2 rings (SSSR count). The second-order valence-electron chi connectivity index (χ2n) is 5.63. The standard InChI is InChI=1S/C17H25N3O3/c1-3-23-17(22)14-6-4-5-7-15(14)18-9-8-16(21)20-12-10-19(2)11-13-20/h4-7,18H,3,8-13H2,1-2H3. The quantitative estimate of drug-likeness (QED) is 0.804. The molecule has 1 aromatic rings. The van der Waals surface area contributed by atoms with Crippen LogP contribution < -0.4 is 5.32 Å². The lowest BCUT2D eigenvalue weighted by Crippen LogP contribution is -2.47. The molecule has 23 heavy (non-hydrogen) atoms. The van der Waals surface area contributed by atoms with Crippen LogP contribution in [0.15, 0.2) is 24.3 Å². The van der Waals surface area contributed by atoms with E-state index in [2.05, 4.69) is 17.3 Å². The van der Waals surface area contributed by atoms with Crippen LogP contribution in [0.2, 0.25) is 0 Å². The van der Waals surface area contributed by atoms with E-state index in [-0.39, 0.29) is 11.9 Å². The van der Waals surface area contributed by atoms with Crippen molar-refractivity contribution >= 4 is 17.6 Å². The van der Waals surface area contributed by atoms with Crippen LogP contribution >= 0.6 is 0 Å². The minimum absolute atomic E-state index is 0.152. The highest BCUT2D eigenvalue weighted by molar-refractivity contribution is 5.95. The summed E-state index contributed by atoms with van der Waals surface area (Å²) in [6.45, 7) is 6.04. The topological polar surface area (TPSA) is 61.9 Å². The van der Waals surface area contributed by atoms with E-state index in [1.54, 1.807) is 19.1 Å². The minimum Gasteiger partial charge on any atom is -0.462 e. The summed E-state index contributed by atoms with van der Waals surface area (Å²) >= 11 is 0. The third kappa shape index (κ3) is 4.96. The number of para-hydroxylation sites is 1. The van der Waals surface area contributed by atoms with Crippen LogP contribution in [0.3, 0.4) is 0 Å². The molecule has 1 heterocycles. The molecule has 1 aromatic carbocycles. The van der Waals surface area contributed by atoms with Gasteiger partial charge in [0, 0.05) is 44.8 Å². The fraction of sp³-hybridized carbons (Fsp3) is 0.529. The Hall–Kier alpha value is -2.08. The Morgan fingerprint density at radius 2 is 1.87 bits per heavy atom. The molecule has 0 unspecified atom stereocenters. The first-order valence-corrected chi connectivity index (χ1v) is 8.08. The lowest BCUT2D eigenvalue weighted by atomic mass is 10.1. The number of hydrogen-bond acceptors (Lipinski definition) is 5. The first-order valence-electron chi connectivity index (χ1n) is 8.08. The van der Waals surface area contributed by atoms with Crippen LogP contribution in [0.25, 0.3) is 0 Å². The van der Waals surface area contributed by atoms with Gasteiger partial charge in [0.15, 0.2) is 0 Å². The van der Waals surface area contributed by atoms with Gasteiger partial charge in [0.25, 0.3) is 0 Å². The third-order valence-electron chi connectivity index (χ3n) is 3.93. The van der Waals surface area contributed by atoms with Crippen molar-refractivity contribution in [3.8, 4) is 0 Å². The number of carbonyl (C=O) groups is 2. The number of carbonyl (C=O) groups excluding carboxylic acids is 2. The molecule has 0 atom stereocenters. The number of nitrogens with one attached hydrogen (secondary N) is 1. The summed E-state index contributed by atoms with van der Waals surface area (Å²) in [4.78, 5) is 28.2. The van der Waals surface area contributed by atoms with Gasteiger partial charge >= 0.3 is 5.97 Å². The minimum atomic E-state index is -0.346. The number of anilines is 1. The zero-order chi connectivity index (χ0) is 16.7. The molecule has 1 saturated heterocycles. The van der Waals surface area contributed by atoms with Crippen LogP contribution in [0.1, 0.15) is 23.7 Å². The molecule has 126 valence electrons. The molecule has 1 fully saturated rings. The molecular formula is C17H25N3O3. The van der Waals surface area contributed by atoms with Crippen molar-refractivity contribution in [2.24, 2.45) is 0 Å². The SMILES string of the molecule is CCOC(=O)c1ccccc1NCCC(=O)N1CCN(C)CC1. The van der Waals surface area contributed by atoms with Crippen LogP contribution in [0.5, 0.6) is 0 Å². The second-order valence-corrected chi connectivity index (χ2v) is 5.63. The molecular weight excluding hydrogens is 294 g/mol. The van der Waals surface area contributed by atoms with Crippen molar-refractivity contribution in [1.29, 1.82) is 0 Å². The van der Waals surface area contributed by atoms with E-state index in [9.17, 15) is 9.59 Å². The Kier molecular flexibility index (Phi) is 6.40. The number of rotatable bonds is 6. The smallest absolute Gasteiger partial charge is 0.340 e. The zero-order valence-corrected chi connectivity index (χ0v) is 13.9. The molecule has 0 spiro atoms. The number of benzene rings is 1. The van der Waals surface area contributed by atoms with E-state index < -0.39 is 0 Å². The number of piperazine rings is 1. The zero-order valence-electron chi connectivity index (χ0n) is 13.9. The van der Waals surface area contributed by atoms with E-state index in [0.29, 0.717) is 30.8 Å². The van der Waals surface area contributed by atoms with Gasteiger partial charge < -0.3 is 19.9 Å². The first-order chi connectivity index (χ1) is 11.1. The number of likely N-dealkylation sites (N-methyl/N-ethyl adjacent to an activating group) is 1. The Labute approximate surface area is 137 Å². The van der Waals surface area contributed by atoms with Gasteiger partial charge in [-0.15, -0.1) is 0 Å². The van der Waals surface area contributed by atoms with Gasteiger partial charge in [-0.3, -0.25) is 4.79 Å². The van der Waals surface area contributed by atoms with E-state index in [0.717, 1.165) is 26.2 Å². The predicted octanol–water partition coefficient (Wildman–Crippen LogP) is 1.44. The fourth-order valence-corrected chi connectivity index (χ4v) is 2.54. The van der Waals surface area contributed by atoms with E-state index in [4.69, 9.17) is 4.74 Å². The molecule has 0 aliphatic carbocycles. The molecule has 0 aromatic heterocycles. The largest absolute Gasteiger partial charge is 0.462 e. The summed E-state index contributed by atoms with van der Waals surface area (Å²) in [7, 11) is 2.07. The molecule has 1 aliphatic heterocycles. The summed E-state index contributed by atoms with van der Waals surface area (Å²) < 4.78 is 5.04. The maximum Gasteiger partial charge on any atom is 0.340 e. The van der Waals surface area contributed by atoms with Crippen molar-refractivity contribution in [2.75, 3.05) is 51.7 Å². The normalized spacial score (nSPS) is 15.3. The average Bonchev–Trinajstić information content (AvgIpc) is 2.56. The van der Waals surface area contributed by atoms with Gasteiger partial charge in [-0.2, -0.15) is 0 Å². The Morgan fingerprint density at radius 1 is 1.17 bits per heavy atom. The van der Waals surface area contributed by atoms with E-state index in [1.165, 1.54) is 0 Å². The molecule has 0 radical (unpaired) electrons. The molecule has 1 amide bonds. The van der Waals surface area contributed by atoms with Crippen LogP contribution in [-0.2, 0) is 9.53 Å². The molecule has 1 N–H and O–H groups in total. The van der Waals surface area contributed by atoms with Gasteiger partial charge in [0.2, 0.25) is 5.91 Å². The highest BCUT2D eigenvalue weighted by Crippen LogP contribution is 2.16. The monoisotopic (exact) mass is 319 g/mol. The molecule has 0 saturated carbocycles. The van der Waals surface area contributed by atoms with Gasteiger partial charge in [-0.1, -0.05) is 12.1 Å². The number of ether oxygens (including phenoxy) is 1. The Balaban J connectivity index is 1.84. The maximum atomic E-state index is 12.2. The van der Waals surface area contributed by atoms with E-state index >= 15 is 0 Å². The molecule has 6 heteroatoms. The summed E-state index contributed by atoms with van der Waals surface area (Å²) in [6, 6.07) is 7.20. The van der Waals surface area contributed by atoms with Crippen molar-refractivity contribution in [1.82, 2.24) is 9.80 Å². The lowest BCUT2D eigenvalue weighted by molar-refractivity contribution is -0.132. The Morgan fingerprint density at radius 3 is 2.57 bits per heavy atom. The third-order valence-corrected chi connectivity index (χ3v) is 3.93. The number of esters is 1. The predicted molar refractivity (Wildman–Crippen MR) is 89.6 cm³/mol. The first kappa shape index (κ1) is 17.3. The Bertz CT molecular complexity index is 540. The average molecular weight is 319 g/mol. The number of hydrogen-bond donors (Lipinski definition) is 1. The molecule has 6 nitrogen and oxygen atoms in total. The van der Waals surface area contributed by atoms with Gasteiger partial charge in [0.1, 0.15) is 0 Å². The van der Waals surface area contributed by atoms with Gasteiger partial charge in [0.05, 0.1) is 12.2 Å². The van der Waals surface area contributed by atoms with E-state index in [1.807, 2.05) is 17.0 Å². The second kappa shape index (κ2) is 8.53. The molecule has 1 aliphatic rings. The van der Waals surface area contributed by atoms with Crippen molar-refractivity contribution in [3.63, 3.8) is 0 Å². The van der Waals surface area contributed by atoms with Crippen LogP contribution in [0.4, 0.5) is 5.69 Å². The van der Waals surface area contributed by atoms with Gasteiger partial charge in [-0.25, -0.2) is 4.79 Å². The maximum absolute atomic E-state index is 12.2. The van der Waals surface area contributed by atoms with Crippen molar-refractivity contribution in [3.05, 3.63) is 29.8 Å². The summed E-state index contributed by atoms with van der Waals surface area (Å²) in [5.41, 5.74) is 1.21. The van der Waals surface area contributed by atoms with Gasteiger partial charge in [-0.05, 0) is 26.1 Å². The summed E-state index contributed by atoms with van der Waals surface area (Å²) in [6.07, 6.45) is 0.418. The van der Waals surface area contributed by atoms with Crippen molar-refractivity contribution < 1.29 is 14.3 Å². The van der Waals surface area contributed by atoms with Crippen LogP contribution in [0, 0.1) is 0 Å². The highest BCUT2D eigenvalue weighted by Gasteiger charge is 2.18.